The molecule has 2 fully saturated rings. The summed E-state index contributed by atoms with van der Waals surface area (Å²) in [5.41, 5.74) is 2.88. The van der Waals surface area contributed by atoms with Gasteiger partial charge in [0.05, 0.1) is 0 Å². The van der Waals surface area contributed by atoms with Gasteiger partial charge >= 0.3 is 0 Å². The number of hydrogen-bond donors (Lipinski definition) is 1. The monoisotopic (exact) mass is 326 g/mol. The van der Waals surface area contributed by atoms with Crippen LogP contribution in [0, 0.1) is 11.8 Å². The maximum Gasteiger partial charge on any atom is 0.223 e. The van der Waals surface area contributed by atoms with E-state index in [0.717, 1.165) is 44.2 Å². The molecule has 1 aromatic carbocycles. The summed E-state index contributed by atoms with van der Waals surface area (Å²) in [4.78, 5) is 14.9. The van der Waals surface area contributed by atoms with Crippen molar-refractivity contribution in [2.75, 3.05) is 26.2 Å². The van der Waals surface area contributed by atoms with Crippen molar-refractivity contribution in [1.29, 1.82) is 0 Å². The van der Waals surface area contributed by atoms with E-state index < -0.39 is 0 Å². The number of amides is 1. The lowest BCUT2D eigenvalue weighted by atomic mass is 9.79. The lowest BCUT2D eigenvalue weighted by Gasteiger charge is -2.38. The van der Waals surface area contributed by atoms with E-state index in [2.05, 4.69) is 34.5 Å². The predicted octanol–water partition coefficient (Wildman–Crippen LogP) is 3.34. The molecule has 2 heterocycles. The van der Waals surface area contributed by atoms with Gasteiger partial charge in [-0.2, -0.15) is 0 Å². The molecule has 3 heteroatoms. The van der Waals surface area contributed by atoms with Crippen molar-refractivity contribution in [2.45, 2.75) is 50.9 Å². The molecule has 4 rings (SSSR count). The SMILES string of the molecule is O=C(CC1CCc2ccccc21)N1CCC(C2CCNCC2)CC1. The molecule has 0 bridgehead atoms. The van der Waals surface area contributed by atoms with Crippen LogP contribution in [-0.4, -0.2) is 37.0 Å². The third-order valence-corrected chi connectivity index (χ3v) is 6.62. The second kappa shape index (κ2) is 7.26. The van der Waals surface area contributed by atoms with Gasteiger partial charge in [0.25, 0.3) is 0 Å². The predicted molar refractivity (Wildman–Crippen MR) is 97.0 cm³/mol. The normalized spacial score (nSPS) is 25.7. The number of rotatable bonds is 3. The maximum atomic E-state index is 12.8. The van der Waals surface area contributed by atoms with Crippen molar-refractivity contribution in [3.8, 4) is 0 Å². The highest BCUT2D eigenvalue weighted by Gasteiger charge is 2.31. The van der Waals surface area contributed by atoms with Crippen LogP contribution in [0.4, 0.5) is 0 Å². The van der Waals surface area contributed by atoms with E-state index in [4.69, 9.17) is 0 Å². The second-order valence-corrected chi connectivity index (χ2v) is 7.94. The Bertz CT molecular complexity index is 571. The highest BCUT2D eigenvalue weighted by Crippen LogP contribution is 2.36. The highest BCUT2D eigenvalue weighted by atomic mass is 16.2. The van der Waals surface area contributed by atoms with Gasteiger partial charge in [-0.05, 0) is 80.5 Å². The molecule has 3 nitrogen and oxygen atoms in total. The molecule has 1 aliphatic carbocycles. The molecule has 0 spiro atoms. The van der Waals surface area contributed by atoms with Crippen molar-refractivity contribution in [1.82, 2.24) is 10.2 Å². The molecule has 2 aliphatic heterocycles. The summed E-state index contributed by atoms with van der Waals surface area (Å²) < 4.78 is 0. The van der Waals surface area contributed by atoms with Gasteiger partial charge in [-0.3, -0.25) is 4.79 Å². The summed E-state index contributed by atoms with van der Waals surface area (Å²) in [6.45, 7) is 4.35. The van der Waals surface area contributed by atoms with E-state index in [0.29, 0.717) is 11.8 Å². The second-order valence-electron chi connectivity index (χ2n) is 7.94. The topological polar surface area (TPSA) is 32.3 Å². The van der Waals surface area contributed by atoms with Gasteiger partial charge in [0.15, 0.2) is 0 Å². The molecule has 1 unspecified atom stereocenters. The van der Waals surface area contributed by atoms with Gasteiger partial charge < -0.3 is 10.2 Å². The summed E-state index contributed by atoms with van der Waals surface area (Å²) >= 11 is 0. The number of fused-ring (bicyclic) bond motifs is 1. The van der Waals surface area contributed by atoms with Crippen LogP contribution in [0.15, 0.2) is 24.3 Å². The van der Waals surface area contributed by atoms with Crippen molar-refractivity contribution < 1.29 is 4.79 Å². The average Bonchev–Trinajstić information content (AvgIpc) is 3.06. The van der Waals surface area contributed by atoms with Gasteiger partial charge in [-0.25, -0.2) is 0 Å². The molecule has 3 aliphatic rings. The molecule has 130 valence electrons. The van der Waals surface area contributed by atoms with E-state index in [-0.39, 0.29) is 0 Å². The molecule has 0 radical (unpaired) electrons. The standard InChI is InChI=1S/C21H30N2O/c24-21(15-19-6-5-18-3-1-2-4-20(18)19)23-13-9-17(10-14-23)16-7-11-22-12-8-16/h1-4,16-17,19,22H,5-15H2. The molecular weight excluding hydrogens is 296 g/mol. The molecule has 1 amide bonds. The first-order valence-electron chi connectivity index (χ1n) is 9.87. The molecular formula is C21H30N2O. The van der Waals surface area contributed by atoms with Gasteiger partial charge in [0.2, 0.25) is 5.91 Å². The average molecular weight is 326 g/mol. The minimum Gasteiger partial charge on any atom is -0.343 e. The Morgan fingerprint density at radius 2 is 1.71 bits per heavy atom. The number of piperidine rings is 2. The molecule has 1 N–H and O–H groups in total. The minimum atomic E-state index is 0.389. The first-order chi connectivity index (χ1) is 11.8. The zero-order chi connectivity index (χ0) is 16.4. The van der Waals surface area contributed by atoms with E-state index in [1.807, 2.05) is 0 Å². The number of nitrogens with one attached hydrogen (secondary N) is 1. The number of likely N-dealkylation sites (tertiary alicyclic amines) is 1. The number of carbonyl (C=O) groups is 1. The number of aryl methyl sites for hydroxylation is 1. The zero-order valence-corrected chi connectivity index (χ0v) is 14.7. The van der Waals surface area contributed by atoms with Crippen molar-refractivity contribution in [3.63, 3.8) is 0 Å². The smallest absolute Gasteiger partial charge is 0.223 e. The molecule has 2 saturated heterocycles. The van der Waals surface area contributed by atoms with Crippen LogP contribution in [0.5, 0.6) is 0 Å². The van der Waals surface area contributed by atoms with Crippen molar-refractivity contribution in [2.24, 2.45) is 11.8 Å². The van der Waals surface area contributed by atoms with E-state index in [1.54, 1.807) is 0 Å². The fraction of sp³-hybridized carbons (Fsp3) is 0.667. The number of benzene rings is 1. The van der Waals surface area contributed by atoms with Gasteiger partial charge in [0.1, 0.15) is 0 Å². The van der Waals surface area contributed by atoms with Crippen molar-refractivity contribution in [3.05, 3.63) is 35.4 Å². The minimum absolute atomic E-state index is 0.389. The lowest BCUT2D eigenvalue weighted by molar-refractivity contribution is -0.133. The summed E-state index contributed by atoms with van der Waals surface area (Å²) in [5, 5.41) is 3.46. The first-order valence-corrected chi connectivity index (χ1v) is 9.87. The Balaban J connectivity index is 1.29. The quantitative estimate of drug-likeness (QED) is 0.924. The Kier molecular flexibility index (Phi) is 4.88. The lowest BCUT2D eigenvalue weighted by Crippen LogP contribution is -2.42. The Labute approximate surface area is 145 Å². The van der Waals surface area contributed by atoms with Crippen molar-refractivity contribution >= 4 is 5.91 Å². The van der Waals surface area contributed by atoms with Crippen LogP contribution in [0.3, 0.4) is 0 Å². The summed E-state index contributed by atoms with van der Waals surface area (Å²) in [6, 6.07) is 8.69. The first kappa shape index (κ1) is 16.1. The number of carbonyl (C=O) groups excluding carboxylic acids is 1. The van der Waals surface area contributed by atoms with Crippen LogP contribution in [0.25, 0.3) is 0 Å². The Morgan fingerprint density at radius 1 is 1.00 bits per heavy atom. The Morgan fingerprint density at radius 3 is 2.50 bits per heavy atom. The highest BCUT2D eigenvalue weighted by molar-refractivity contribution is 5.77. The largest absolute Gasteiger partial charge is 0.343 e. The number of nitrogens with zero attached hydrogens (tertiary/aromatic N) is 1. The molecule has 0 aromatic heterocycles. The third kappa shape index (κ3) is 3.37. The Hall–Kier alpha value is -1.35. The van der Waals surface area contributed by atoms with E-state index in [1.165, 1.54) is 49.9 Å². The van der Waals surface area contributed by atoms with Crippen LogP contribution in [-0.2, 0) is 11.2 Å². The van der Waals surface area contributed by atoms with Gasteiger partial charge in [0, 0.05) is 19.5 Å². The molecule has 1 aromatic rings. The summed E-state index contributed by atoms with van der Waals surface area (Å²) in [5.74, 6) is 2.59. The molecule has 1 atom stereocenters. The third-order valence-electron chi connectivity index (χ3n) is 6.62. The zero-order valence-electron chi connectivity index (χ0n) is 14.7. The van der Waals surface area contributed by atoms with Crippen LogP contribution in [0.1, 0.15) is 55.6 Å². The van der Waals surface area contributed by atoms with E-state index in [9.17, 15) is 4.79 Å². The molecule has 24 heavy (non-hydrogen) atoms. The van der Waals surface area contributed by atoms with E-state index >= 15 is 0 Å². The maximum absolute atomic E-state index is 12.8. The van der Waals surface area contributed by atoms with Crippen LogP contribution >= 0.6 is 0 Å². The fourth-order valence-corrected chi connectivity index (χ4v) is 5.13. The number of hydrogen-bond acceptors (Lipinski definition) is 2. The summed E-state index contributed by atoms with van der Waals surface area (Å²) in [7, 11) is 0. The van der Waals surface area contributed by atoms with Gasteiger partial charge in [-0.1, -0.05) is 24.3 Å². The molecule has 0 saturated carbocycles. The summed E-state index contributed by atoms with van der Waals surface area (Å²) in [6.07, 6.45) is 8.11. The van der Waals surface area contributed by atoms with Gasteiger partial charge in [-0.15, -0.1) is 0 Å². The fourth-order valence-electron chi connectivity index (χ4n) is 5.13. The van der Waals surface area contributed by atoms with Crippen LogP contribution in [0.2, 0.25) is 0 Å². The van der Waals surface area contributed by atoms with Crippen LogP contribution < -0.4 is 5.32 Å².